The van der Waals surface area contributed by atoms with E-state index in [9.17, 15) is 4.79 Å². The second-order valence-corrected chi connectivity index (χ2v) is 5.79. The zero-order valence-electron chi connectivity index (χ0n) is 11.2. The maximum atomic E-state index is 12.2. The molecule has 0 atom stereocenters. The summed E-state index contributed by atoms with van der Waals surface area (Å²) in [5, 5.41) is 5.59. The average Bonchev–Trinajstić information content (AvgIpc) is 2.77. The molecule has 0 N–H and O–H groups in total. The molecule has 0 aliphatic rings. The van der Waals surface area contributed by atoms with Gasteiger partial charge in [0.15, 0.2) is 0 Å². The Morgan fingerprint density at radius 3 is 2.85 bits per heavy atom. The molecule has 102 valence electrons. The summed E-state index contributed by atoms with van der Waals surface area (Å²) < 4.78 is 4.12. The molecule has 6 heteroatoms. The topological polar surface area (TPSA) is 52.7 Å². The molecule has 0 fully saturated rings. The van der Waals surface area contributed by atoms with E-state index in [1.807, 2.05) is 65.5 Å². The van der Waals surface area contributed by atoms with Crippen molar-refractivity contribution in [1.29, 1.82) is 0 Å². The van der Waals surface area contributed by atoms with Crippen molar-refractivity contribution in [3.63, 3.8) is 0 Å². The van der Waals surface area contributed by atoms with Gasteiger partial charge in [-0.3, -0.25) is 14.0 Å². The largest absolute Gasteiger partial charge is 0.290 e. The van der Waals surface area contributed by atoms with Crippen molar-refractivity contribution < 1.29 is 0 Å². The third-order valence-corrected chi connectivity index (χ3v) is 4.09. The summed E-state index contributed by atoms with van der Waals surface area (Å²) in [6.07, 6.45) is 1.60. The van der Waals surface area contributed by atoms with Gasteiger partial charge < -0.3 is 0 Å². The Hall–Kier alpha value is -1.70. The molecule has 0 radical (unpaired) electrons. The van der Waals surface area contributed by atoms with Gasteiger partial charge in [-0.1, -0.05) is 18.2 Å². The van der Waals surface area contributed by atoms with Crippen molar-refractivity contribution in [2.24, 2.45) is 7.05 Å². The average molecular weight is 380 g/mol. The predicted octanol–water partition coefficient (Wildman–Crippen LogP) is 2.09. The highest BCUT2D eigenvalue weighted by Crippen LogP contribution is 2.18. The van der Waals surface area contributed by atoms with E-state index < -0.39 is 0 Å². The van der Waals surface area contributed by atoms with Crippen LogP contribution in [0.2, 0.25) is 0 Å². The molecule has 2 heterocycles. The lowest BCUT2D eigenvalue weighted by atomic mass is 10.2. The predicted molar refractivity (Wildman–Crippen MR) is 85.8 cm³/mol. The number of hydrogen-bond donors (Lipinski definition) is 0. The molecular weight excluding hydrogens is 367 g/mol. The summed E-state index contributed by atoms with van der Waals surface area (Å²) in [6, 6.07) is 8.02. The summed E-state index contributed by atoms with van der Waals surface area (Å²) >= 11 is 2.01. The lowest BCUT2D eigenvalue weighted by Gasteiger charge is -2.07. The van der Waals surface area contributed by atoms with Crippen LogP contribution in [0.5, 0.6) is 0 Å². The van der Waals surface area contributed by atoms with Crippen LogP contribution in [0, 0.1) is 10.5 Å². The van der Waals surface area contributed by atoms with Crippen molar-refractivity contribution in [2.45, 2.75) is 13.5 Å². The van der Waals surface area contributed by atoms with Crippen LogP contribution in [0.25, 0.3) is 10.9 Å². The third-order valence-electron chi connectivity index (χ3n) is 3.35. The molecule has 3 aromatic rings. The van der Waals surface area contributed by atoms with Gasteiger partial charge in [0.1, 0.15) is 5.82 Å². The van der Waals surface area contributed by atoms with Gasteiger partial charge in [-0.25, -0.2) is 4.98 Å². The summed E-state index contributed by atoms with van der Waals surface area (Å²) in [5.74, 6) is 0.699. The van der Waals surface area contributed by atoms with E-state index in [2.05, 4.69) is 10.1 Å². The Balaban J connectivity index is 2.16. The second-order valence-electron chi connectivity index (χ2n) is 4.63. The standard InChI is InChI=1S/C14H13IN4O/c1-9-16-7-11(15)14(20)19(9)8-12-10-5-3-4-6-13(10)18(2)17-12/h3-7H,8H2,1-2H3. The van der Waals surface area contributed by atoms with E-state index in [0.29, 0.717) is 15.9 Å². The summed E-state index contributed by atoms with van der Waals surface area (Å²) in [5.41, 5.74) is 1.93. The van der Waals surface area contributed by atoms with Crippen LogP contribution in [0.1, 0.15) is 11.5 Å². The van der Waals surface area contributed by atoms with E-state index in [1.165, 1.54) is 0 Å². The fraction of sp³-hybridized carbons (Fsp3) is 0.214. The van der Waals surface area contributed by atoms with Crippen molar-refractivity contribution in [3.05, 3.63) is 55.9 Å². The maximum Gasteiger partial charge on any atom is 0.267 e. The second kappa shape index (κ2) is 5.01. The van der Waals surface area contributed by atoms with Crippen molar-refractivity contribution in [1.82, 2.24) is 19.3 Å². The number of benzene rings is 1. The minimum atomic E-state index is -0.0205. The van der Waals surface area contributed by atoms with Gasteiger partial charge in [0, 0.05) is 18.6 Å². The number of fused-ring (bicyclic) bond motifs is 1. The van der Waals surface area contributed by atoms with Crippen LogP contribution in [0.15, 0.2) is 35.3 Å². The normalized spacial score (nSPS) is 11.2. The fourth-order valence-electron chi connectivity index (χ4n) is 2.29. The van der Waals surface area contributed by atoms with Crippen LogP contribution in [0.4, 0.5) is 0 Å². The van der Waals surface area contributed by atoms with Crippen molar-refractivity contribution >= 4 is 33.5 Å². The van der Waals surface area contributed by atoms with Gasteiger partial charge in [-0.05, 0) is 35.6 Å². The fourth-order valence-corrected chi connectivity index (χ4v) is 2.72. The molecular formula is C14H13IN4O. The summed E-state index contributed by atoms with van der Waals surface area (Å²) in [6.45, 7) is 2.28. The molecule has 0 bridgehead atoms. The first-order valence-corrected chi connectivity index (χ1v) is 7.28. The molecule has 0 unspecified atom stereocenters. The van der Waals surface area contributed by atoms with Crippen LogP contribution < -0.4 is 5.56 Å². The van der Waals surface area contributed by atoms with E-state index in [0.717, 1.165) is 16.6 Å². The van der Waals surface area contributed by atoms with Gasteiger partial charge in [0.2, 0.25) is 0 Å². The maximum absolute atomic E-state index is 12.2. The van der Waals surface area contributed by atoms with Gasteiger partial charge in [0.25, 0.3) is 5.56 Å². The molecule has 3 rings (SSSR count). The highest BCUT2D eigenvalue weighted by atomic mass is 127. The molecule has 0 saturated heterocycles. The first kappa shape index (κ1) is 13.3. The van der Waals surface area contributed by atoms with Gasteiger partial charge in [-0.15, -0.1) is 0 Å². The number of hydrogen-bond acceptors (Lipinski definition) is 3. The monoisotopic (exact) mass is 380 g/mol. The first-order valence-electron chi connectivity index (χ1n) is 6.20. The van der Waals surface area contributed by atoms with E-state index >= 15 is 0 Å². The van der Waals surface area contributed by atoms with Gasteiger partial charge in [0.05, 0.1) is 21.3 Å². The number of aryl methyl sites for hydroxylation is 2. The third kappa shape index (κ3) is 2.13. The molecule has 0 saturated carbocycles. The van der Waals surface area contributed by atoms with Gasteiger partial charge in [-0.2, -0.15) is 5.10 Å². The van der Waals surface area contributed by atoms with E-state index in [1.54, 1.807) is 10.8 Å². The van der Waals surface area contributed by atoms with Crippen LogP contribution >= 0.6 is 22.6 Å². The number of para-hydroxylation sites is 1. The van der Waals surface area contributed by atoms with E-state index in [-0.39, 0.29) is 5.56 Å². The number of rotatable bonds is 2. The zero-order chi connectivity index (χ0) is 14.3. The SMILES string of the molecule is Cc1ncc(I)c(=O)n1Cc1nn(C)c2ccccc12. The molecule has 1 aromatic carbocycles. The Morgan fingerprint density at radius 2 is 2.05 bits per heavy atom. The number of nitrogens with zero attached hydrogens (tertiary/aromatic N) is 4. The number of halogens is 1. The van der Waals surface area contributed by atoms with E-state index in [4.69, 9.17) is 0 Å². The Kier molecular flexibility index (Phi) is 3.33. The van der Waals surface area contributed by atoms with Crippen molar-refractivity contribution in [3.8, 4) is 0 Å². The molecule has 2 aromatic heterocycles. The smallest absolute Gasteiger partial charge is 0.267 e. The molecule has 0 aliphatic carbocycles. The van der Waals surface area contributed by atoms with Crippen LogP contribution in [0.3, 0.4) is 0 Å². The molecule has 0 aliphatic heterocycles. The summed E-state index contributed by atoms with van der Waals surface area (Å²) in [7, 11) is 1.91. The van der Waals surface area contributed by atoms with Crippen molar-refractivity contribution in [2.75, 3.05) is 0 Å². The number of aromatic nitrogens is 4. The van der Waals surface area contributed by atoms with Crippen LogP contribution in [-0.4, -0.2) is 19.3 Å². The highest BCUT2D eigenvalue weighted by molar-refractivity contribution is 14.1. The molecule has 20 heavy (non-hydrogen) atoms. The Morgan fingerprint density at radius 1 is 1.30 bits per heavy atom. The Bertz CT molecular complexity index is 850. The molecule has 0 spiro atoms. The first-order chi connectivity index (χ1) is 9.58. The highest BCUT2D eigenvalue weighted by Gasteiger charge is 2.12. The summed E-state index contributed by atoms with van der Waals surface area (Å²) in [4.78, 5) is 16.5. The Labute approximate surface area is 129 Å². The molecule has 0 amide bonds. The lowest BCUT2D eigenvalue weighted by Crippen LogP contribution is -2.26. The molecule has 5 nitrogen and oxygen atoms in total. The van der Waals surface area contributed by atoms with Crippen LogP contribution in [-0.2, 0) is 13.6 Å². The lowest BCUT2D eigenvalue weighted by molar-refractivity contribution is 0.663. The van der Waals surface area contributed by atoms with Gasteiger partial charge >= 0.3 is 0 Å². The minimum Gasteiger partial charge on any atom is -0.290 e. The minimum absolute atomic E-state index is 0.0205. The quantitative estimate of drug-likeness (QED) is 0.640. The zero-order valence-corrected chi connectivity index (χ0v) is 13.3.